The van der Waals surface area contributed by atoms with Crippen LogP contribution < -0.4 is 14.8 Å². The summed E-state index contributed by atoms with van der Waals surface area (Å²) in [7, 11) is 1.53. The van der Waals surface area contributed by atoms with Crippen molar-refractivity contribution in [3.63, 3.8) is 0 Å². The zero-order valence-electron chi connectivity index (χ0n) is 13.5. The normalized spacial score (nSPS) is 10.3. The Labute approximate surface area is 144 Å². The second-order valence-corrected chi connectivity index (χ2v) is 5.16. The third-order valence-electron chi connectivity index (χ3n) is 3.44. The Hall–Kier alpha value is -3.28. The van der Waals surface area contributed by atoms with Crippen molar-refractivity contribution in [2.45, 2.75) is 6.61 Å². The number of amides is 1. The highest BCUT2D eigenvalue weighted by Gasteiger charge is 2.13. The largest absolute Gasteiger partial charge is 0.495 e. The summed E-state index contributed by atoms with van der Waals surface area (Å²) in [5.74, 6) is 0.983. The molecule has 6 heteroatoms. The molecule has 0 spiro atoms. The van der Waals surface area contributed by atoms with E-state index in [1.807, 2.05) is 6.07 Å². The number of anilines is 1. The molecule has 0 unspecified atom stereocenters. The van der Waals surface area contributed by atoms with Crippen molar-refractivity contribution in [3.8, 4) is 11.5 Å². The highest BCUT2D eigenvalue weighted by molar-refractivity contribution is 6.03. The van der Waals surface area contributed by atoms with Crippen LogP contribution in [-0.2, 0) is 6.61 Å². The Kier molecular flexibility index (Phi) is 4.99. The predicted molar refractivity (Wildman–Crippen MR) is 90.4 cm³/mol. The van der Waals surface area contributed by atoms with Gasteiger partial charge in [0.25, 0.3) is 5.91 Å². The van der Waals surface area contributed by atoms with Gasteiger partial charge in [-0.2, -0.15) is 0 Å². The highest BCUT2D eigenvalue weighted by Crippen LogP contribution is 2.24. The molecule has 128 valence electrons. The van der Waals surface area contributed by atoms with Crippen LogP contribution in [0, 0.1) is 5.82 Å². The predicted octanol–water partition coefficient (Wildman–Crippen LogP) is 4.26. The monoisotopic (exact) mass is 341 g/mol. The lowest BCUT2D eigenvalue weighted by Gasteiger charge is -2.08. The number of para-hydroxylation sites is 2. The molecule has 1 N–H and O–H groups in total. The third-order valence-corrected chi connectivity index (χ3v) is 3.44. The van der Waals surface area contributed by atoms with Crippen molar-refractivity contribution < 1.29 is 23.1 Å². The fraction of sp³-hybridized carbons (Fsp3) is 0.105. The molecule has 3 rings (SSSR count). The van der Waals surface area contributed by atoms with Crippen LogP contribution >= 0.6 is 0 Å². The minimum absolute atomic E-state index is 0.133. The molecule has 0 aliphatic carbocycles. The zero-order valence-corrected chi connectivity index (χ0v) is 13.5. The summed E-state index contributed by atoms with van der Waals surface area (Å²) in [5.41, 5.74) is 0.551. The van der Waals surface area contributed by atoms with Gasteiger partial charge in [-0.25, -0.2) is 4.39 Å². The summed E-state index contributed by atoms with van der Waals surface area (Å²) in [5, 5.41) is 2.73. The quantitative estimate of drug-likeness (QED) is 0.728. The maximum atomic E-state index is 12.8. The lowest BCUT2D eigenvalue weighted by molar-refractivity contribution is 0.0992. The summed E-state index contributed by atoms with van der Waals surface area (Å²) in [4.78, 5) is 12.3. The number of hydrogen-bond acceptors (Lipinski definition) is 4. The van der Waals surface area contributed by atoms with E-state index in [1.165, 1.54) is 31.4 Å². The number of carbonyl (C=O) groups excluding carboxylic acids is 1. The number of hydrogen-bond donors (Lipinski definition) is 1. The number of furan rings is 1. The van der Waals surface area contributed by atoms with Crippen LogP contribution in [0.3, 0.4) is 0 Å². The SMILES string of the molecule is COc1ccccc1NC(=O)c1ccc(COc2ccc(F)cc2)o1. The van der Waals surface area contributed by atoms with Gasteiger partial charge in [-0.15, -0.1) is 0 Å². The van der Waals surface area contributed by atoms with Crippen LogP contribution in [0.15, 0.2) is 65.1 Å². The fourth-order valence-corrected chi connectivity index (χ4v) is 2.19. The van der Waals surface area contributed by atoms with Crippen LogP contribution in [0.1, 0.15) is 16.3 Å². The molecule has 0 aliphatic heterocycles. The van der Waals surface area contributed by atoms with Gasteiger partial charge in [0.1, 0.15) is 29.7 Å². The zero-order chi connectivity index (χ0) is 17.6. The standard InChI is InChI=1S/C19H16FNO4/c1-23-17-5-3-2-4-16(17)21-19(22)18-11-10-15(25-18)12-24-14-8-6-13(20)7-9-14/h2-11H,12H2,1H3,(H,21,22). The Morgan fingerprint density at radius 1 is 1.08 bits per heavy atom. The molecule has 1 heterocycles. The first kappa shape index (κ1) is 16.6. The van der Waals surface area contributed by atoms with E-state index in [0.717, 1.165) is 0 Å². The molecule has 0 bridgehead atoms. The number of halogens is 1. The second-order valence-electron chi connectivity index (χ2n) is 5.16. The molecular weight excluding hydrogens is 325 g/mol. The van der Waals surface area contributed by atoms with E-state index in [2.05, 4.69) is 5.32 Å². The Morgan fingerprint density at radius 2 is 1.84 bits per heavy atom. The number of carbonyl (C=O) groups is 1. The number of methoxy groups -OCH3 is 1. The van der Waals surface area contributed by atoms with Gasteiger partial charge in [0, 0.05) is 0 Å². The van der Waals surface area contributed by atoms with Gasteiger partial charge in [-0.1, -0.05) is 12.1 Å². The van der Waals surface area contributed by atoms with E-state index in [1.54, 1.807) is 30.3 Å². The summed E-state index contributed by atoms with van der Waals surface area (Å²) >= 11 is 0. The van der Waals surface area contributed by atoms with Crippen molar-refractivity contribution in [3.05, 3.63) is 78.0 Å². The smallest absolute Gasteiger partial charge is 0.291 e. The summed E-state index contributed by atoms with van der Waals surface area (Å²) in [6, 6.07) is 16.0. The maximum absolute atomic E-state index is 12.8. The van der Waals surface area contributed by atoms with Crippen LogP contribution in [0.2, 0.25) is 0 Å². The van der Waals surface area contributed by atoms with E-state index in [9.17, 15) is 9.18 Å². The van der Waals surface area contributed by atoms with E-state index in [-0.39, 0.29) is 18.2 Å². The number of nitrogens with one attached hydrogen (secondary N) is 1. The molecule has 0 fully saturated rings. The molecule has 0 atom stereocenters. The number of benzene rings is 2. The average molecular weight is 341 g/mol. The molecule has 1 amide bonds. The first-order valence-electron chi connectivity index (χ1n) is 7.57. The minimum Gasteiger partial charge on any atom is -0.495 e. The van der Waals surface area contributed by atoms with Crippen LogP contribution in [0.4, 0.5) is 10.1 Å². The Bertz CT molecular complexity index is 858. The Morgan fingerprint density at radius 3 is 2.60 bits per heavy atom. The molecule has 1 aromatic heterocycles. The molecular formula is C19H16FNO4. The molecule has 0 saturated carbocycles. The van der Waals surface area contributed by atoms with E-state index < -0.39 is 5.91 Å². The first-order chi connectivity index (χ1) is 12.2. The highest BCUT2D eigenvalue weighted by atomic mass is 19.1. The summed E-state index contributed by atoms with van der Waals surface area (Å²) < 4.78 is 29.0. The first-order valence-corrected chi connectivity index (χ1v) is 7.57. The second kappa shape index (κ2) is 7.53. The van der Waals surface area contributed by atoms with Gasteiger partial charge in [-0.3, -0.25) is 4.79 Å². The fourth-order valence-electron chi connectivity index (χ4n) is 2.19. The molecule has 25 heavy (non-hydrogen) atoms. The summed E-state index contributed by atoms with van der Waals surface area (Å²) in [6.45, 7) is 0.133. The van der Waals surface area contributed by atoms with Gasteiger partial charge in [0.05, 0.1) is 12.8 Å². The molecule has 2 aromatic carbocycles. The molecule has 0 aliphatic rings. The van der Waals surface area contributed by atoms with Crippen molar-refractivity contribution in [1.29, 1.82) is 0 Å². The van der Waals surface area contributed by atoms with Crippen molar-refractivity contribution in [1.82, 2.24) is 0 Å². The number of ether oxygens (including phenoxy) is 2. The van der Waals surface area contributed by atoms with E-state index in [4.69, 9.17) is 13.9 Å². The van der Waals surface area contributed by atoms with Crippen LogP contribution in [-0.4, -0.2) is 13.0 Å². The topological polar surface area (TPSA) is 60.7 Å². The van der Waals surface area contributed by atoms with Crippen LogP contribution in [0.25, 0.3) is 0 Å². The van der Waals surface area contributed by atoms with Crippen molar-refractivity contribution in [2.24, 2.45) is 0 Å². The van der Waals surface area contributed by atoms with E-state index >= 15 is 0 Å². The lowest BCUT2D eigenvalue weighted by atomic mass is 10.3. The van der Waals surface area contributed by atoms with Gasteiger partial charge >= 0.3 is 0 Å². The van der Waals surface area contributed by atoms with Gasteiger partial charge in [0.2, 0.25) is 0 Å². The van der Waals surface area contributed by atoms with Crippen molar-refractivity contribution in [2.75, 3.05) is 12.4 Å². The number of rotatable bonds is 6. The van der Waals surface area contributed by atoms with Crippen LogP contribution in [0.5, 0.6) is 11.5 Å². The minimum atomic E-state index is -0.391. The van der Waals surface area contributed by atoms with Crippen molar-refractivity contribution >= 4 is 11.6 Å². The maximum Gasteiger partial charge on any atom is 0.291 e. The molecule has 0 radical (unpaired) electrons. The van der Waals surface area contributed by atoms with Gasteiger partial charge < -0.3 is 19.2 Å². The van der Waals surface area contributed by atoms with E-state index in [0.29, 0.717) is 22.9 Å². The van der Waals surface area contributed by atoms with Gasteiger partial charge in [0.15, 0.2) is 5.76 Å². The molecule has 3 aromatic rings. The molecule has 0 saturated heterocycles. The third kappa shape index (κ3) is 4.17. The average Bonchev–Trinajstić information content (AvgIpc) is 3.11. The summed E-state index contributed by atoms with van der Waals surface area (Å²) in [6.07, 6.45) is 0. The van der Waals surface area contributed by atoms with Gasteiger partial charge in [-0.05, 0) is 48.5 Å². The Balaban J connectivity index is 1.62. The lowest BCUT2D eigenvalue weighted by Crippen LogP contribution is -2.11. The molecule has 5 nitrogen and oxygen atoms in total.